The van der Waals surface area contributed by atoms with Crippen molar-refractivity contribution in [3.05, 3.63) is 69.4 Å². The molecule has 0 bridgehead atoms. The molecule has 21 heavy (non-hydrogen) atoms. The molecule has 0 aliphatic heterocycles. The van der Waals surface area contributed by atoms with Crippen molar-refractivity contribution >= 4 is 32.7 Å². The number of ketones is 1. The summed E-state index contributed by atoms with van der Waals surface area (Å²) in [6.07, 6.45) is 0. The maximum absolute atomic E-state index is 13.7. The van der Waals surface area contributed by atoms with Gasteiger partial charge in [-0.05, 0) is 37.3 Å². The number of hydrogen-bond acceptors (Lipinski definition) is 2. The van der Waals surface area contributed by atoms with Gasteiger partial charge < -0.3 is 4.42 Å². The van der Waals surface area contributed by atoms with E-state index in [0.29, 0.717) is 11.1 Å². The molecular weight excluding hydrogens is 342 g/mol. The van der Waals surface area contributed by atoms with Crippen molar-refractivity contribution in [3.63, 3.8) is 0 Å². The molecule has 0 aliphatic carbocycles. The maximum Gasteiger partial charge on any atom is 0.234 e. The summed E-state index contributed by atoms with van der Waals surface area (Å²) in [5.74, 6) is -2.65. The summed E-state index contributed by atoms with van der Waals surface area (Å²) in [5.41, 5.74) is 0.450. The second kappa shape index (κ2) is 5.07. The van der Waals surface area contributed by atoms with E-state index < -0.39 is 23.0 Å². The van der Waals surface area contributed by atoms with E-state index in [4.69, 9.17) is 4.42 Å². The molecule has 0 unspecified atom stereocenters. The van der Waals surface area contributed by atoms with Crippen molar-refractivity contribution in [2.45, 2.75) is 6.92 Å². The highest BCUT2D eigenvalue weighted by molar-refractivity contribution is 9.10. The lowest BCUT2D eigenvalue weighted by Gasteiger charge is -2.02. The third-order valence-corrected chi connectivity index (χ3v) is 3.79. The smallest absolute Gasteiger partial charge is 0.234 e. The molecule has 0 atom stereocenters. The van der Waals surface area contributed by atoms with Crippen LogP contribution in [0.3, 0.4) is 0 Å². The van der Waals surface area contributed by atoms with Gasteiger partial charge in [-0.3, -0.25) is 4.79 Å². The molecule has 3 rings (SSSR count). The fourth-order valence-electron chi connectivity index (χ4n) is 2.24. The minimum absolute atomic E-state index is 0.0490. The van der Waals surface area contributed by atoms with Gasteiger partial charge in [0.15, 0.2) is 5.76 Å². The first kappa shape index (κ1) is 13.9. The number of hydrogen-bond donors (Lipinski definition) is 0. The van der Waals surface area contributed by atoms with Gasteiger partial charge in [0.1, 0.15) is 17.2 Å². The molecule has 3 aromatic rings. The predicted octanol–water partition coefficient (Wildman–Crippen LogP) is 5.01. The quantitative estimate of drug-likeness (QED) is 0.608. The molecule has 1 heterocycles. The van der Waals surface area contributed by atoms with Gasteiger partial charge >= 0.3 is 0 Å². The minimum Gasteiger partial charge on any atom is -0.452 e. The monoisotopic (exact) mass is 350 g/mol. The van der Waals surface area contributed by atoms with Crippen LogP contribution in [0.15, 0.2) is 45.3 Å². The van der Waals surface area contributed by atoms with E-state index in [9.17, 15) is 13.6 Å². The van der Waals surface area contributed by atoms with Crippen LogP contribution in [0, 0.1) is 18.6 Å². The first-order chi connectivity index (χ1) is 9.99. The summed E-state index contributed by atoms with van der Waals surface area (Å²) in [4.78, 5) is 12.4. The summed E-state index contributed by atoms with van der Waals surface area (Å²) in [7, 11) is 0. The van der Waals surface area contributed by atoms with E-state index in [0.717, 1.165) is 22.0 Å². The topological polar surface area (TPSA) is 30.2 Å². The molecule has 0 saturated heterocycles. The lowest BCUT2D eigenvalue weighted by Crippen LogP contribution is -2.07. The standard InChI is InChI=1S/C16H9BrF2O2/c1-8-10-6-5-9(17)7-13(10)21-16(8)15(20)14-11(18)3-2-4-12(14)19/h2-7H,1H3. The molecule has 0 fully saturated rings. The average Bonchev–Trinajstić information content (AvgIpc) is 2.75. The van der Waals surface area contributed by atoms with Crippen LogP contribution < -0.4 is 0 Å². The fraction of sp³-hybridized carbons (Fsp3) is 0.0625. The number of benzene rings is 2. The van der Waals surface area contributed by atoms with Crippen LogP contribution in [-0.2, 0) is 0 Å². The highest BCUT2D eigenvalue weighted by Crippen LogP contribution is 2.30. The van der Waals surface area contributed by atoms with Crippen molar-refractivity contribution in [2.24, 2.45) is 0 Å². The molecule has 0 N–H and O–H groups in total. The summed E-state index contributed by atoms with van der Waals surface area (Å²) in [6.45, 7) is 1.69. The first-order valence-corrected chi connectivity index (χ1v) is 6.95. The Bertz CT molecular complexity index is 848. The number of halogens is 3. The zero-order valence-electron chi connectivity index (χ0n) is 10.9. The molecule has 2 aromatic carbocycles. The molecule has 0 amide bonds. The van der Waals surface area contributed by atoms with E-state index in [1.54, 1.807) is 19.1 Å². The SMILES string of the molecule is Cc1c(C(=O)c2c(F)cccc2F)oc2cc(Br)ccc12. The lowest BCUT2D eigenvalue weighted by molar-refractivity contribution is 0.100. The van der Waals surface area contributed by atoms with Crippen LogP contribution in [-0.4, -0.2) is 5.78 Å². The van der Waals surface area contributed by atoms with Gasteiger partial charge in [0, 0.05) is 15.4 Å². The lowest BCUT2D eigenvalue weighted by atomic mass is 10.0. The van der Waals surface area contributed by atoms with Crippen LogP contribution in [0.1, 0.15) is 21.7 Å². The van der Waals surface area contributed by atoms with Gasteiger partial charge in [-0.25, -0.2) is 8.78 Å². The predicted molar refractivity (Wildman–Crippen MR) is 78.4 cm³/mol. The summed E-state index contributed by atoms with van der Waals surface area (Å²) >= 11 is 3.31. The second-order valence-corrected chi connectivity index (χ2v) is 5.54. The van der Waals surface area contributed by atoms with Crippen LogP contribution in [0.25, 0.3) is 11.0 Å². The minimum atomic E-state index is -0.902. The molecule has 0 spiro atoms. The average molecular weight is 351 g/mol. The van der Waals surface area contributed by atoms with E-state index in [1.165, 1.54) is 6.07 Å². The van der Waals surface area contributed by atoms with Crippen molar-refractivity contribution in [2.75, 3.05) is 0 Å². The Kier molecular flexibility index (Phi) is 3.37. The maximum atomic E-state index is 13.7. The Morgan fingerprint density at radius 3 is 2.48 bits per heavy atom. The Morgan fingerprint density at radius 2 is 1.81 bits per heavy atom. The number of furan rings is 1. The zero-order chi connectivity index (χ0) is 15.1. The van der Waals surface area contributed by atoms with Crippen molar-refractivity contribution < 1.29 is 18.0 Å². The third-order valence-electron chi connectivity index (χ3n) is 3.30. The van der Waals surface area contributed by atoms with Crippen LogP contribution in [0.2, 0.25) is 0 Å². The van der Waals surface area contributed by atoms with E-state index in [-0.39, 0.29) is 5.76 Å². The van der Waals surface area contributed by atoms with E-state index in [2.05, 4.69) is 15.9 Å². The fourth-order valence-corrected chi connectivity index (χ4v) is 2.58. The van der Waals surface area contributed by atoms with Gasteiger partial charge in [0.05, 0.1) is 5.56 Å². The molecular formula is C16H9BrF2O2. The summed E-state index contributed by atoms with van der Waals surface area (Å²) in [5, 5.41) is 0.735. The highest BCUT2D eigenvalue weighted by Gasteiger charge is 2.24. The Morgan fingerprint density at radius 1 is 1.14 bits per heavy atom. The van der Waals surface area contributed by atoms with Crippen molar-refractivity contribution in [1.82, 2.24) is 0 Å². The van der Waals surface area contributed by atoms with Gasteiger partial charge in [-0.2, -0.15) is 0 Å². The van der Waals surface area contributed by atoms with Crippen LogP contribution >= 0.6 is 15.9 Å². The number of carbonyl (C=O) groups excluding carboxylic acids is 1. The first-order valence-electron chi connectivity index (χ1n) is 6.16. The molecule has 0 saturated carbocycles. The Hall–Kier alpha value is -2.01. The normalized spacial score (nSPS) is 11.0. The molecule has 106 valence electrons. The molecule has 0 aliphatic rings. The third kappa shape index (κ3) is 2.27. The summed E-state index contributed by atoms with van der Waals surface area (Å²) < 4.78 is 33.7. The summed E-state index contributed by atoms with van der Waals surface area (Å²) in [6, 6.07) is 8.60. The van der Waals surface area contributed by atoms with E-state index >= 15 is 0 Å². The number of rotatable bonds is 2. The Balaban J connectivity index is 2.21. The van der Waals surface area contributed by atoms with Crippen LogP contribution in [0.5, 0.6) is 0 Å². The number of fused-ring (bicyclic) bond motifs is 1. The van der Waals surface area contributed by atoms with Gasteiger partial charge in [0.25, 0.3) is 0 Å². The van der Waals surface area contributed by atoms with Crippen molar-refractivity contribution in [3.8, 4) is 0 Å². The second-order valence-electron chi connectivity index (χ2n) is 4.62. The van der Waals surface area contributed by atoms with Gasteiger partial charge in [0.2, 0.25) is 5.78 Å². The van der Waals surface area contributed by atoms with Gasteiger partial charge in [-0.1, -0.05) is 22.0 Å². The highest BCUT2D eigenvalue weighted by atomic mass is 79.9. The number of carbonyl (C=O) groups is 1. The van der Waals surface area contributed by atoms with Crippen LogP contribution in [0.4, 0.5) is 8.78 Å². The van der Waals surface area contributed by atoms with E-state index in [1.807, 2.05) is 6.07 Å². The van der Waals surface area contributed by atoms with Gasteiger partial charge in [-0.15, -0.1) is 0 Å². The molecule has 0 radical (unpaired) electrons. The largest absolute Gasteiger partial charge is 0.452 e. The number of aryl methyl sites for hydroxylation is 1. The zero-order valence-corrected chi connectivity index (χ0v) is 12.5. The molecule has 2 nitrogen and oxygen atoms in total. The molecule has 1 aromatic heterocycles. The molecule has 5 heteroatoms. The van der Waals surface area contributed by atoms with Crippen molar-refractivity contribution in [1.29, 1.82) is 0 Å². The Labute approximate surface area is 127 Å².